The number of esters is 1. The quantitative estimate of drug-likeness (QED) is 0.826. The van der Waals surface area contributed by atoms with Gasteiger partial charge < -0.3 is 14.8 Å². The fourth-order valence-corrected chi connectivity index (χ4v) is 2.21. The molecule has 0 heterocycles. The van der Waals surface area contributed by atoms with Crippen LogP contribution in [0.1, 0.15) is 24.1 Å². The molecule has 2 aromatic rings. The summed E-state index contributed by atoms with van der Waals surface area (Å²) in [5.74, 6) is 0.484. The Bertz CT molecular complexity index is 622. The van der Waals surface area contributed by atoms with Gasteiger partial charge in [0.05, 0.1) is 13.7 Å². The molecule has 4 heteroatoms. The van der Waals surface area contributed by atoms with E-state index in [1.165, 1.54) is 0 Å². The smallest absolute Gasteiger partial charge is 0.333 e. The Kier molecular flexibility index (Phi) is 5.42. The lowest BCUT2D eigenvalue weighted by atomic mass is 10.0. The van der Waals surface area contributed by atoms with Crippen LogP contribution >= 0.6 is 0 Å². The molecule has 1 atom stereocenters. The number of carbonyl (C=O) groups excluding carboxylic acids is 1. The fourth-order valence-electron chi connectivity index (χ4n) is 2.21. The molecule has 2 aromatic carbocycles. The molecule has 0 saturated carbocycles. The second-order valence-corrected chi connectivity index (χ2v) is 4.97. The van der Waals surface area contributed by atoms with Crippen molar-refractivity contribution in [2.75, 3.05) is 19.0 Å². The van der Waals surface area contributed by atoms with Gasteiger partial charge in [0, 0.05) is 5.69 Å². The van der Waals surface area contributed by atoms with Gasteiger partial charge in [0.1, 0.15) is 5.75 Å². The Labute approximate surface area is 131 Å². The molecule has 0 bridgehead atoms. The summed E-state index contributed by atoms with van der Waals surface area (Å²) >= 11 is 0. The zero-order valence-electron chi connectivity index (χ0n) is 13.1. The molecule has 1 N–H and O–H groups in total. The van der Waals surface area contributed by atoms with Gasteiger partial charge in [-0.2, -0.15) is 0 Å². The molecule has 0 saturated heterocycles. The summed E-state index contributed by atoms with van der Waals surface area (Å²) < 4.78 is 10.3. The van der Waals surface area contributed by atoms with Crippen LogP contribution in [-0.4, -0.2) is 19.7 Å². The Morgan fingerprint density at radius 2 is 1.91 bits per heavy atom. The summed E-state index contributed by atoms with van der Waals surface area (Å²) in [6, 6.07) is 14.8. The number of carbonyl (C=O) groups is 1. The van der Waals surface area contributed by atoms with Gasteiger partial charge in [-0.15, -0.1) is 0 Å². The zero-order valence-corrected chi connectivity index (χ0v) is 13.1. The average molecular weight is 299 g/mol. The van der Waals surface area contributed by atoms with Gasteiger partial charge in [0.2, 0.25) is 0 Å². The van der Waals surface area contributed by atoms with Gasteiger partial charge in [-0.3, -0.25) is 0 Å². The number of rotatable bonds is 6. The highest BCUT2D eigenvalue weighted by Crippen LogP contribution is 2.23. The third-order valence-electron chi connectivity index (χ3n) is 3.30. The normalized spacial score (nSPS) is 11.6. The predicted molar refractivity (Wildman–Crippen MR) is 87.2 cm³/mol. The zero-order chi connectivity index (χ0) is 15.9. The first-order chi connectivity index (χ1) is 10.6. The van der Waals surface area contributed by atoms with Gasteiger partial charge in [0.25, 0.3) is 0 Å². The van der Waals surface area contributed by atoms with Crippen molar-refractivity contribution < 1.29 is 14.3 Å². The minimum Gasteiger partial charge on any atom is -0.497 e. The number of nitrogens with one attached hydrogen (secondary N) is 1. The average Bonchev–Trinajstić information content (AvgIpc) is 2.53. The molecule has 0 aromatic heterocycles. The summed E-state index contributed by atoms with van der Waals surface area (Å²) in [6.07, 6.45) is 0. The molecule has 0 spiro atoms. The van der Waals surface area contributed by atoms with E-state index in [4.69, 9.17) is 9.47 Å². The largest absolute Gasteiger partial charge is 0.497 e. The minimum absolute atomic E-state index is 0.288. The maximum absolute atomic E-state index is 12.3. The van der Waals surface area contributed by atoms with E-state index in [9.17, 15) is 4.79 Å². The minimum atomic E-state index is -0.534. The summed E-state index contributed by atoms with van der Waals surface area (Å²) in [4.78, 5) is 12.3. The number of ether oxygens (including phenoxy) is 2. The van der Waals surface area contributed by atoms with Crippen LogP contribution in [0.25, 0.3) is 0 Å². The van der Waals surface area contributed by atoms with Crippen LogP contribution in [0.15, 0.2) is 48.5 Å². The summed E-state index contributed by atoms with van der Waals surface area (Å²) in [7, 11) is 1.62. The topological polar surface area (TPSA) is 47.6 Å². The van der Waals surface area contributed by atoms with Crippen molar-refractivity contribution in [2.24, 2.45) is 0 Å². The standard InChI is InChI=1S/C18H21NO3/c1-4-22-18(20)17(14-7-5-6-13(2)12-14)19-15-8-10-16(21-3)11-9-15/h5-12,17,19H,4H2,1-3H3. The molecule has 1 unspecified atom stereocenters. The molecule has 4 nitrogen and oxygen atoms in total. The first kappa shape index (κ1) is 15.9. The molecule has 0 fully saturated rings. The van der Waals surface area contributed by atoms with Crippen molar-refractivity contribution >= 4 is 11.7 Å². The number of anilines is 1. The number of hydrogen-bond acceptors (Lipinski definition) is 4. The molecule has 22 heavy (non-hydrogen) atoms. The molecule has 0 amide bonds. The second kappa shape index (κ2) is 7.50. The van der Waals surface area contributed by atoms with Gasteiger partial charge in [-0.1, -0.05) is 29.8 Å². The van der Waals surface area contributed by atoms with E-state index in [1.807, 2.05) is 55.5 Å². The van der Waals surface area contributed by atoms with Crippen LogP contribution in [0, 0.1) is 6.92 Å². The highest BCUT2D eigenvalue weighted by molar-refractivity contribution is 5.81. The first-order valence-corrected chi connectivity index (χ1v) is 7.28. The lowest BCUT2D eigenvalue weighted by Gasteiger charge is -2.19. The lowest BCUT2D eigenvalue weighted by molar-refractivity contribution is -0.144. The fraction of sp³-hybridized carbons (Fsp3) is 0.278. The Morgan fingerprint density at radius 3 is 2.50 bits per heavy atom. The van der Waals surface area contributed by atoms with Crippen molar-refractivity contribution in [2.45, 2.75) is 19.9 Å². The number of hydrogen-bond donors (Lipinski definition) is 1. The molecule has 116 valence electrons. The van der Waals surface area contributed by atoms with Crippen LogP contribution in [0.2, 0.25) is 0 Å². The van der Waals surface area contributed by atoms with Crippen molar-refractivity contribution in [3.8, 4) is 5.75 Å². The third kappa shape index (κ3) is 4.01. The van der Waals surface area contributed by atoms with Crippen molar-refractivity contribution in [1.82, 2.24) is 0 Å². The van der Waals surface area contributed by atoms with Crippen LogP contribution in [0.3, 0.4) is 0 Å². The SMILES string of the molecule is CCOC(=O)C(Nc1ccc(OC)cc1)c1cccc(C)c1. The van der Waals surface area contributed by atoms with E-state index in [-0.39, 0.29) is 5.97 Å². The number of aryl methyl sites for hydroxylation is 1. The van der Waals surface area contributed by atoms with Crippen LogP contribution in [0.5, 0.6) is 5.75 Å². The molecular formula is C18H21NO3. The van der Waals surface area contributed by atoms with Gasteiger partial charge >= 0.3 is 5.97 Å². The molecular weight excluding hydrogens is 278 g/mol. The van der Waals surface area contributed by atoms with E-state index >= 15 is 0 Å². The van der Waals surface area contributed by atoms with Crippen molar-refractivity contribution in [3.63, 3.8) is 0 Å². The van der Waals surface area contributed by atoms with E-state index in [2.05, 4.69) is 5.32 Å². The van der Waals surface area contributed by atoms with Crippen LogP contribution in [0.4, 0.5) is 5.69 Å². The van der Waals surface area contributed by atoms with Crippen LogP contribution in [-0.2, 0) is 9.53 Å². The Hall–Kier alpha value is -2.49. The van der Waals surface area contributed by atoms with E-state index in [0.29, 0.717) is 6.61 Å². The monoisotopic (exact) mass is 299 g/mol. The highest BCUT2D eigenvalue weighted by atomic mass is 16.5. The van der Waals surface area contributed by atoms with Gasteiger partial charge in [-0.05, 0) is 43.7 Å². The molecule has 0 aliphatic heterocycles. The summed E-state index contributed by atoms with van der Waals surface area (Å²) in [5, 5.41) is 3.23. The van der Waals surface area contributed by atoms with Gasteiger partial charge in [-0.25, -0.2) is 4.79 Å². The molecule has 0 aliphatic rings. The van der Waals surface area contributed by atoms with Crippen molar-refractivity contribution in [1.29, 1.82) is 0 Å². The highest BCUT2D eigenvalue weighted by Gasteiger charge is 2.22. The summed E-state index contributed by atoms with van der Waals surface area (Å²) in [6.45, 7) is 4.16. The molecule has 0 radical (unpaired) electrons. The number of methoxy groups -OCH3 is 1. The maximum Gasteiger partial charge on any atom is 0.333 e. The third-order valence-corrected chi connectivity index (χ3v) is 3.30. The van der Waals surface area contributed by atoms with Crippen molar-refractivity contribution in [3.05, 3.63) is 59.7 Å². The molecule has 2 rings (SSSR count). The molecule has 0 aliphatic carbocycles. The second-order valence-electron chi connectivity index (χ2n) is 4.97. The lowest BCUT2D eigenvalue weighted by Crippen LogP contribution is -2.23. The van der Waals surface area contributed by atoms with E-state index in [1.54, 1.807) is 14.0 Å². The maximum atomic E-state index is 12.3. The Balaban J connectivity index is 2.25. The first-order valence-electron chi connectivity index (χ1n) is 7.28. The van der Waals surface area contributed by atoms with Crippen LogP contribution < -0.4 is 10.1 Å². The summed E-state index contributed by atoms with van der Waals surface area (Å²) in [5.41, 5.74) is 2.82. The van der Waals surface area contributed by atoms with Gasteiger partial charge in [0.15, 0.2) is 6.04 Å². The van der Waals surface area contributed by atoms with E-state index in [0.717, 1.165) is 22.6 Å². The number of benzene rings is 2. The predicted octanol–water partition coefficient (Wildman–Crippen LogP) is 3.72. The Morgan fingerprint density at radius 1 is 1.18 bits per heavy atom. The van der Waals surface area contributed by atoms with E-state index < -0.39 is 6.04 Å².